The van der Waals surface area contributed by atoms with Gasteiger partial charge < -0.3 is 8.83 Å². The van der Waals surface area contributed by atoms with Gasteiger partial charge in [-0.2, -0.15) is 0 Å². The Kier molecular flexibility index (Phi) is 7.85. The standard InChI is InChI=1S/C57H38N2O2/c1-57(2)49-34-40(25-26-47(49)48-27-24-35-12-3-4-19-46(35)54(48)57)36-13-9-14-37(28-36)43-31-44(38-15-10-17-41(29-38)55-58-50-20-5-7-22-52(50)60-55)33-45(32-43)39-16-11-18-42(30-39)56-59-51-21-6-8-23-53(51)61-56/h3-34H,1-2H3. The number of rotatable bonds is 6. The van der Waals surface area contributed by atoms with Crippen molar-refractivity contribution in [1.29, 1.82) is 0 Å². The number of fused-ring (bicyclic) bond motifs is 7. The van der Waals surface area contributed by atoms with E-state index in [0.29, 0.717) is 11.8 Å². The molecule has 11 aromatic rings. The number of oxazole rings is 2. The van der Waals surface area contributed by atoms with Crippen molar-refractivity contribution in [3.05, 3.63) is 205 Å². The molecule has 0 aliphatic heterocycles. The predicted molar refractivity (Wildman–Crippen MR) is 249 cm³/mol. The first kappa shape index (κ1) is 35.2. The van der Waals surface area contributed by atoms with E-state index in [0.717, 1.165) is 66.7 Å². The summed E-state index contributed by atoms with van der Waals surface area (Å²) < 4.78 is 12.4. The SMILES string of the molecule is CC1(C)c2cc(-c3cccc(-c4cc(-c5cccc(-c6nc7ccccc7o6)c5)cc(-c5cccc(-c6nc7ccccc7o6)c5)c4)c3)ccc2-c2ccc3ccccc3c21. The van der Waals surface area contributed by atoms with Gasteiger partial charge in [0.2, 0.25) is 11.8 Å². The van der Waals surface area contributed by atoms with Crippen molar-refractivity contribution in [3.8, 4) is 78.5 Å². The van der Waals surface area contributed by atoms with Gasteiger partial charge in [0.1, 0.15) is 11.0 Å². The van der Waals surface area contributed by atoms with Gasteiger partial charge in [-0.25, -0.2) is 9.97 Å². The lowest BCUT2D eigenvalue weighted by Crippen LogP contribution is -2.15. The topological polar surface area (TPSA) is 52.1 Å². The van der Waals surface area contributed by atoms with E-state index < -0.39 is 0 Å². The number of benzene rings is 9. The largest absolute Gasteiger partial charge is 0.436 e. The molecule has 0 amide bonds. The second-order valence-corrected chi connectivity index (χ2v) is 16.6. The molecule has 0 saturated heterocycles. The first-order chi connectivity index (χ1) is 29.9. The van der Waals surface area contributed by atoms with Gasteiger partial charge in [-0.1, -0.05) is 129 Å². The highest BCUT2D eigenvalue weighted by Gasteiger charge is 2.37. The molecule has 0 fully saturated rings. The maximum atomic E-state index is 6.22. The van der Waals surface area contributed by atoms with E-state index in [2.05, 4.69) is 159 Å². The summed E-state index contributed by atoms with van der Waals surface area (Å²) in [5, 5.41) is 2.62. The van der Waals surface area contributed by atoms with E-state index in [4.69, 9.17) is 18.8 Å². The van der Waals surface area contributed by atoms with Crippen LogP contribution in [0.1, 0.15) is 25.0 Å². The summed E-state index contributed by atoms with van der Waals surface area (Å²) in [6.45, 7) is 4.74. The Balaban J connectivity index is 0.974. The van der Waals surface area contributed by atoms with Gasteiger partial charge in [0.15, 0.2) is 11.2 Å². The zero-order valence-electron chi connectivity index (χ0n) is 33.7. The van der Waals surface area contributed by atoms with Crippen molar-refractivity contribution in [2.24, 2.45) is 0 Å². The number of hydrogen-bond acceptors (Lipinski definition) is 4. The van der Waals surface area contributed by atoms with Gasteiger partial charge in [-0.15, -0.1) is 0 Å². The van der Waals surface area contributed by atoms with E-state index in [-0.39, 0.29) is 5.41 Å². The smallest absolute Gasteiger partial charge is 0.227 e. The van der Waals surface area contributed by atoms with Crippen molar-refractivity contribution in [3.63, 3.8) is 0 Å². The Morgan fingerprint density at radius 3 is 1.38 bits per heavy atom. The number of aromatic nitrogens is 2. The second kappa shape index (κ2) is 13.6. The molecule has 0 radical (unpaired) electrons. The van der Waals surface area contributed by atoms with Crippen LogP contribution in [0.25, 0.3) is 112 Å². The van der Waals surface area contributed by atoms with Crippen molar-refractivity contribution >= 4 is 33.0 Å². The zero-order valence-corrected chi connectivity index (χ0v) is 33.7. The monoisotopic (exact) mass is 782 g/mol. The van der Waals surface area contributed by atoms with Crippen LogP contribution in [0.3, 0.4) is 0 Å². The van der Waals surface area contributed by atoms with Gasteiger partial charge in [-0.3, -0.25) is 0 Å². The highest BCUT2D eigenvalue weighted by molar-refractivity contribution is 5.98. The summed E-state index contributed by atoms with van der Waals surface area (Å²) in [5.41, 5.74) is 19.4. The first-order valence-electron chi connectivity index (χ1n) is 20.8. The maximum absolute atomic E-state index is 6.22. The molecule has 4 nitrogen and oxygen atoms in total. The molecular weight excluding hydrogens is 745 g/mol. The average molecular weight is 783 g/mol. The molecule has 2 aromatic heterocycles. The Morgan fingerprint density at radius 1 is 0.361 bits per heavy atom. The van der Waals surface area contributed by atoms with Crippen LogP contribution in [0.2, 0.25) is 0 Å². The fourth-order valence-corrected chi connectivity index (χ4v) is 9.44. The predicted octanol–water partition coefficient (Wildman–Crippen LogP) is 15.4. The lowest BCUT2D eigenvalue weighted by Gasteiger charge is -2.23. The maximum Gasteiger partial charge on any atom is 0.227 e. The number of nitrogens with zero attached hydrogens (tertiary/aromatic N) is 2. The summed E-state index contributed by atoms with van der Waals surface area (Å²) >= 11 is 0. The molecule has 12 rings (SSSR count). The molecule has 1 aliphatic rings. The third-order valence-corrected chi connectivity index (χ3v) is 12.5. The number of para-hydroxylation sites is 4. The molecule has 4 heteroatoms. The summed E-state index contributed by atoms with van der Waals surface area (Å²) in [4.78, 5) is 9.63. The van der Waals surface area contributed by atoms with Gasteiger partial charge in [0, 0.05) is 16.5 Å². The minimum atomic E-state index is -0.138. The van der Waals surface area contributed by atoms with Crippen LogP contribution >= 0.6 is 0 Å². The Hall–Kier alpha value is -7.82. The van der Waals surface area contributed by atoms with Crippen LogP contribution in [-0.2, 0) is 5.41 Å². The molecule has 0 spiro atoms. The molecule has 0 N–H and O–H groups in total. The summed E-state index contributed by atoms with van der Waals surface area (Å²) in [6.07, 6.45) is 0. The molecule has 2 heterocycles. The molecule has 61 heavy (non-hydrogen) atoms. The Morgan fingerprint density at radius 2 is 0.803 bits per heavy atom. The zero-order chi connectivity index (χ0) is 40.7. The summed E-state index contributed by atoms with van der Waals surface area (Å²) in [6, 6.07) is 68.9. The normalized spacial score (nSPS) is 12.9. The van der Waals surface area contributed by atoms with E-state index in [1.807, 2.05) is 48.5 Å². The van der Waals surface area contributed by atoms with Gasteiger partial charge in [-0.05, 0) is 156 Å². The lowest BCUT2D eigenvalue weighted by atomic mass is 9.79. The third-order valence-electron chi connectivity index (χ3n) is 12.5. The number of hydrogen-bond donors (Lipinski definition) is 0. The summed E-state index contributed by atoms with van der Waals surface area (Å²) in [7, 11) is 0. The van der Waals surface area contributed by atoms with Crippen molar-refractivity contribution in [2.45, 2.75) is 19.3 Å². The molecule has 1 aliphatic carbocycles. The highest BCUT2D eigenvalue weighted by Crippen LogP contribution is 2.52. The Labute approximate surface area is 353 Å². The third kappa shape index (κ3) is 5.90. The van der Waals surface area contributed by atoms with E-state index in [1.165, 1.54) is 44.2 Å². The molecule has 9 aromatic carbocycles. The van der Waals surface area contributed by atoms with Crippen LogP contribution in [0.4, 0.5) is 0 Å². The van der Waals surface area contributed by atoms with Crippen LogP contribution in [-0.4, -0.2) is 9.97 Å². The molecule has 0 saturated carbocycles. The minimum Gasteiger partial charge on any atom is -0.436 e. The quantitative estimate of drug-likeness (QED) is 0.169. The first-order valence-corrected chi connectivity index (χ1v) is 20.8. The van der Waals surface area contributed by atoms with Crippen LogP contribution < -0.4 is 0 Å². The highest BCUT2D eigenvalue weighted by atomic mass is 16.4. The Bertz CT molecular complexity index is 3330. The average Bonchev–Trinajstić information content (AvgIpc) is 4.02. The van der Waals surface area contributed by atoms with Gasteiger partial charge in [0.05, 0.1) is 0 Å². The van der Waals surface area contributed by atoms with Crippen LogP contribution in [0, 0.1) is 0 Å². The van der Waals surface area contributed by atoms with E-state index in [9.17, 15) is 0 Å². The summed E-state index contributed by atoms with van der Waals surface area (Å²) in [5.74, 6) is 1.21. The fraction of sp³-hybridized carbons (Fsp3) is 0.0526. The van der Waals surface area contributed by atoms with E-state index >= 15 is 0 Å². The van der Waals surface area contributed by atoms with Gasteiger partial charge in [0.25, 0.3) is 0 Å². The second-order valence-electron chi connectivity index (χ2n) is 16.6. The minimum absolute atomic E-state index is 0.138. The fourth-order valence-electron chi connectivity index (χ4n) is 9.44. The van der Waals surface area contributed by atoms with E-state index in [1.54, 1.807) is 0 Å². The molecule has 0 unspecified atom stereocenters. The lowest BCUT2D eigenvalue weighted by molar-refractivity contribution is 0.619. The van der Waals surface area contributed by atoms with Crippen LogP contribution in [0.15, 0.2) is 203 Å². The molecular formula is C57H38N2O2. The van der Waals surface area contributed by atoms with Crippen molar-refractivity contribution in [2.75, 3.05) is 0 Å². The van der Waals surface area contributed by atoms with Gasteiger partial charge >= 0.3 is 0 Å². The van der Waals surface area contributed by atoms with Crippen molar-refractivity contribution < 1.29 is 8.83 Å². The molecule has 288 valence electrons. The van der Waals surface area contributed by atoms with Crippen LogP contribution in [0.5, 0.6) is 0 Å². The van der Waals surface area contributed by atoms with Crippen molar-refractivity contribution in [1.82, 2.24) is 9.97 Å². The molecule has 0 atom stereocenters. The molecule has 0 bridgehead atoms.